The van der Waals surface area contributed by atoms with Crippen LogP contribution in [0.2, 0.25) is 0 Å². The first kappa shape index (κ1) is 20.7. The fraction of sp³-hybridized carbons (Fsp3) is 0.292. The third-order valence-corrected chi connectivity index (χ3v) is 5.58. The Kier molecular flexibility index (Phi) is 5.50. The van der Waals surface area contributed by atoms with Gasteiger partial charge in [0.25, 0.3) is 0 Å². The van der Waals surface area contributed by atoms with E-state index in [1.54, 1.807) is 29.2 Å². The van der Waals surface area contributed by atoms with Gasteiger partial charge in [-0.15, -0.1) is 0 Å². The largest absolute Gasteiger partial charge is 0.509 e. The van der Waals surface area contributed by atoms with Gasteiger partial charge < -0.3 is 19.7 Å². The highest BCUT2D eigenvalue weighted by molar-refractivity contribution is 6.30. The Morgan fingerprint density at radius 2 is 1.94 bits per heavy atom. The first-order valence-corrected chi connectivity index (χ1v) is 10.4. The quantitative estimate of drug-likeness (QED) is 0.390. The predicted octanol–water partition coefficient (Wildman–Crippen LogP) is 4.90. The van der Waals surface area contributed by atoms with E-state index in [-0.39, 0.29) is 24.1 Å². The summed E-state index contributed by atoms with van der Waals surface area (Å²) in [5, 5.41) is 19.2. The minimum Gasteiger partial charge on any atom is -0.509 e. The van der Waals surface area contributed by atoms with E-state index in [4.69, 9.17) is 10.1 Å². The number of aromatic nitrogens is 2. The highest BCUT2D eigenvalue weighted by Gasteiger charge is 2.31. The Morgan fingerprint density at radius 3 is 2.65 bits per heavy atom. The summed E-state index contributed by atoms with van der Waals surface area (Å²) in [6.07, 6.45) is 1.80. The standard InChI is InChI=1S/C24H26N4O3/c1-4-5-10-31-24(30)16-6-8-17(9-7-16)28-13-20(29)21(22(28)25)23-26-18-11-14(2)15(3)12-19(18)27-23/h6-9,11-12,25,29H,4-5,10,13H2,1-3H3,(H,26,27). The molecule has 3 N–H and O–H groups in total. The lowest BCUT2D eigenvalue weighted by molar-refractivity contribution is 0.0500. The zero-order valence-electron chi connectivity index (χ0n) is 18.0. The number of amidine groups is 1. The summed E-state index contributed by atoms with van der Waals surface area (Å²) in [6, 6.07) is 10.9. The molecule has 0 spiro atoms. The lowest BCUT2D eigenvalue weighted by Crippen LogP contribution is -2.26. The van der Waals surface area contributed by atoms with Crippen LogP contribution in [0, 0.1) is 19.3 Å². The van der Waals surface area contributed by atoms with Crippen LogP contribution < -0.4 is 4.90 Å². The molecule has 0 bridgehead atoms. The number of nitrogens with zero attached hydrogens (tertiary/aromatic N) is 2. The predicted molar refractivity (Wildman–Crippen MR) is 122 cm³/mol. The number of aryl methyl sites for hydroxylation is 2. The Morgan fingerprint density at radius 1 is 1.23 bits per heavy atom. The summed E-state index contributed by atoms with van der Waals surface area (Å²) in [4.78, 5) is 21.6. The van der Waals surface area contributed by atoms with Crippen molar-refractivity contribution >= 4 is 34.1 Å². The summed E-state index contributed by atoms with van der Waals surface area (Å²) >= 11 is 0. The molecule has 0 unspecified atom stereocenters. The van der Waals surface area contributed by atoms with Crippen molar-refractivity contribution in [1.29, 1.82) is 5.41 Å². The highest BCUT2D eigenvalue weighted by atomic mass is 16.5. The maximum absolute atomic E-state index is 12.1. The van der Waals surface area contributed by atoms with E-state index in [0.29, 0.717) is 29.3 Å². The third kappa shape index (κ3) is 3.91. The Hall–Kier alpha value is -3.61. The first-order valence-electron chi connectivity index (χ1n) is 10.4. The number of aromatic amines is 1. The van der Waals surface area contributed by atoms with Crippen LogP contribution in [0.1, 0.15) is 47.1 Å². The van der Waals surface area contributed by atoms with Crippen LogP contribution in [0.4, 0.5) is 5.69 Å². The SMILES string of the molecule is CCCCOC(=O)c1ccc(N2CC(O)=C(c3nc4cc(C)c(C)cc4[nH]3)C2=N)cc1. The molecular formula is C24H26N4O3. The maximum atomic E-state index is 12.1. The van der Waals surface area contributed by atoms with Crippen LogP contribution in [0.5, 0.6) is 0 Å². The molecule has 0 saturated carbocycles. The number of aliphatic hydroxyl groups excluding tert-OH is 1. The van der Waals surface area contributed by atoms with E-state index >= 15 is 0 Å². The van der Waals surface area contributed by atoms with Crippen LogP contribution in [0.15, 0.2) is 42.2 Å². The summed E-state index contributed by atoms with van der Waals surface area (Å²) in [5.74, 6) is 0.357. The molecule has 1 aromatic heterocycles. The van der Waals surface area contributed by atoms with Crippen molar-refractivity contribution in [2.45, 2.75) is 33.6 Å². The van der Waals surface area contributed by atoms with Gasteiger partial charge in [0.15, 0.2) is 0 Å². The summed E-state index contributed by atoms with van der Waals surface area (Å²) in [6.45, 7) is 6.69. The van der Waals surface area contributed by atoms with Gasteiger partial charge in [-0.2, -0.15) is 0 Å². The average molecular weight is 418 g/mol. The van der Waals surface area contributed by atoms with Gasteiger partial charge >= 0.3 is 5.97 Å². The number of H-pyrrole nitrogens is 1. The average Bonchev–Trinajstić information content (AvgIpc) is 3.27. The van der Waals surface area contributed by atoms with Gasteiger partial charge in [0.2, 0.25) is 0 Å². The Bertz CT molecular complexity index is 1150. The van der Waals surface area contributed by atoms with Crippen molar-refractivity contribution in [3.8, 4) is 0 Å². The van der Waals surface area contributed by atoms with Crippen LogP contribution in [-0.4, -0.2) is 40.0 Å². The number of hydrogen-bond acceptors (Lipinski definition) is 5. The van der Waals surface area contributed by atoms with Gasteiger partial charge in [-0.05, 0) is 67.8 Å². The first-order chi connectivity index (χ1) is 14.9. The van der Waals surface area contributed by atoms with Crippen molar-refractivity contribution in [2.24, 2.45) is 0 Å². The lowest BCUT2D eigenvalue weighted by Gasteiger charge is -2.18. The molecule has 2 aromatic carbocycles. The number of fused-ring (bicyclic) bond motifs is 1. The number of hydrogen-bond donors (Lipinski definition) is 3. The van der Waals surface area contributed by atoms with Gasteiger partial charge in [0, 0.05) is 5.69 Å². The normalized spacial score (nSPS) is 14.0. The number of aliphatic hydroxyl groups is 1. The van der Waals surface area contributed by atoms with Crippen LogP contribution in [-0.2, 0) is 4.74 Å². The number of imidazole rings is 1. The molecule has 160 valence electrons. The zero-order valence-corrected chi connectivity index (χ0v) is 18.0. The molecule has 0 amide bonds. The van der Waals surface area contributed by atoms with Gasteiger partial charge in [-0.3, -0.25) is 5.41 Å². The van der Waals surface area contributed by atoms with Crippen LogP contribution in [0.25, 0.3) is 16.6 Å². The summed E-state index contributed by atoms with van der Waals surface area (Å²) < 4.78 is 5.24. The number of nitrogens with one attached hydrogen (secondary N) is 2. The fourth-order valence-corrected chi connectivity index (χ4v) is 3.61. The van der Waals surface area contributed by atoms with E-state index in [1.165, 1.54) is 0 Å². The van der Waals surface area contributed by atoms with Crippen molar-refractivity contribution in [3.05, 3.63) is 64.7 Å². The second-order valence-corrected chi connectivity index (χ2v) is 7.83. The van der Waals surface area contributed by atoms with Crippen molar-refractivity contribution in [1.82, 2.24) is 9.97 Å². The molecule has 7 nitrogen and oxygen atoms in total. The Balaban J connectivity index is 1.54. The smallest absolute Gasteiger partial charge is 0.338 e. The van der Waals surface area contributed by atoms with E-state index < -0.39 is 0 Å². The highest BCUT2D eigenvalue weighted by Crippen LogP contribution is 2.31. The van der Waals surface area contributed by atoms with E-state index in [9.17, 15) is 9.90 Å². The summed E-state index contributed by atoms with van der Waals surface area (Å²) in [5.41, 5.74) is 5.52. The molecule has 0 fully saturated rings. The second kappa shape index (κ2) is 8.26. The Labute approximate surface area is 180 Å². The molecule has 0 saturated heterocycles. The van der Waals surface area contributed by atoms with Gasteiger partial charge in [-0.1, -0.05) is 13.3 Å². The van der Waals surface area contributed by atoms with Crippen molar-refractivity contribution in [2.75, 3.05) is 18.1 Å². The van der Waals surface area contributed by atoms with E-state index in [2.05, 4.69) is 9.97 Å². The van der Waals surface area contributed by atoms with E-state index in [0.717, 1.165) is 35.0 Å². The van der Waals surface area contributed by atoms with Crippen molar-refractivity contribution < 1.29 is 14.6 Å². The molecule has 31 heavy (non-hydrogen) atoms. The lowest BCUT2D eigenvalue weighted by atomic mass is 10.1. The maximum Gasteiger partial charge on any atom is 0.338 e. The van der Waals surface area contributed by atoms with Gasteiger partial charge in [0.05, 0.1) is 35.3 Å². The minimum absolute atomic E-state index is 0.0838. The third-order valence-electron chi connectivity index (χ3n) is 5.58. The number of anilines is 1. The molecule has 1 aliphatic heterocycles. The molecule has 3 aromatic rings. The topological polar surface area (TPSA) is 102 Å². The zero-order chi connectivity index (χ0) is 22.1. The van der Waals surface area contributed by atoms with Crippen molar-refractivity contribution in [3.63, 3.8) is 0 Å². The number of esters is 1. The molecule has 0 radical (unpaired) electrons. The van der Waals surface area contributed by atoms with Gasteiger partial charge in [0.1, 0.15) is 17.4 Å². The second-order valence-electron chi connectivity index (χ2n) is 7.83. The molecule has 0 aliphatic carbocycles. The number of rotatable bonds is 6. The number of carbonyl (C=O) groups is 1. The molecule has 0 atom stereocenters. The molecule has 1 aliphatic rings. The number of benzene rings is 2. The number of ether oxygens (including phenoxy) is 1. The monoisotopic (exact) mass is 418 g/mol. The van der Waals surface area contributed by atoms with Crippen LogP contribution >= 0.6 is 0 Å². The van der Waals surface area contributed by atoms with Gasteiger partial charge in [-0.25, -0.2) is 9.78 Å². The minimum atomic E-state index is -0.356. The molecular weight excluding hydrogens is 392 g/mol. The van der Waals surface area contributed by atoms with E-state index in [1.807, 2.05) is 32.9 Å². The number of unbranched alkanes of at least 4 members (excludes halogenated alkanes) is 1. The fourth-order valence-electron chi connectivity index (χ4n) is 3.61. The molecule has 2 heterocycles. The summed E-state index contributed by atoms with van der Waals surface area (Å²) in [7, 11) is 0. The number of carbonyl (C=O) groups excluding carboxylic acids is 1. The molecule has 4 rings (SSSR count). The molecule has 7 heteroatoms. The van der Waals surface area contributed by atoms with Crippen LogP contribution in [0.3, 0.4) is 0 Å².